The van der Waals surface area contributed by atoms with E-state index in [1.807, 2.05) is 26.0 Å². The fraction of sp³-hybridized carbons (Fsp3) is 0.651. The highest BCUT2D eigenvalue weighted by molar-refractivity contribution is 7.91. The number of methoxy groups -OCH3 is 1. The average Bonchev–Trinajstić information content (AvgIpc) is 4.03. The maximum absolute atomic E-state index is 15.0. The van der Waals surface area contributed by atoms with Crippen molar-refractivity contribution in [3.63, 3.8) is 0 Å². The van der Waals surface area contributed by atoms with Crippen molar-refractivity contribution in [3.8, 4) is 11.6 Å². The van der Waals surface area contributed by atoms with Gasteiger partial charge in [-0.1, -0.05) is 32.4 Å². The first-order valence-corrected chi connectivity index (χ1v) is 22.0. The first-order chi connectivity index (χ1) is 27.5. The van der Waals surface area contributed by atoms with Gasteiger partial charge in [-0.05, 0) is 95.2 Å². The summed E-state index contributed by atoms with van der Waals surface area (Å²) in [4.78, 5) is 63.0. The van der Waals surface area contributed by atoms with Crippen molar-refractivity contribution in [1.29, 1.82) is 0 Å². The molecule has 7 atom stereocenters. The second-order valence-corrected chi connectivity index (χ2v) is 20.2. The lowest BCUT2D eigenvalue weighted by Crippen LogP contribution is -2.49. The number of alkyl halides is 2. The molecule has 2 aliphatic heterocycles. The zero-order valence-corrected chi connectivity index (χ0v) is 35.6. The maximum Gasteiger partial charge on any atom is 0.307 e. The molecule has 1 saturated heterocycles. The minimum Gasteiger partial charge on any atom is -0.494 e. The van der Waals surface area contributed by atoms with Crippen molar-refractivity contribution in [3.05, 3.63) is 42.4 Å². The van der Waals surface area contributed by atoms with Gasteiger partial charge in [0.25, 0.3) is 5.92 Å². The number of benzene rings is 1. The van der Waals surface area contributed by atoms with Crippen LogP contribution in [0.5, 0.6) is 11.6 Å². The van der Waals surface area contributed by atoms with E-state index in [4.69, 9.17) is 14.2 Å². The number of pyridine rings is 1. The summed E-state index contributed by atoms with van der Waals surface area (Å²) in [5, 5.41) is 0.796. The molecule has 2 amide bonds. The number of rotatable bonds is 11. The van der Waals surface area contributed by atoms with Crippen LogP contribution in [-0.2, 0) is 33.9 Å². The summed E-state index contributed by atoms with van der Waals surface area (Å²) in [6, 6.07) is 2.83. The highest BCUT2D eigenvalue weighted by Gasteiger charge is 2.63. The van der Waals surface area contributed by atoms with Crippen molar-refractivity contribution >= 4 is 44.4 Å². The van der Waals surface area contributed by atoms with E-state index in [1.165, 1.54) is 36.4 Å². The van der Waals surface area contributed by atoms with Crippen LogP contribution in [0.2, 0.25) is 0 Å². The number of nitrogens with zero attached hydrogens (tertiary/aromatic N) is 2. The van der Waals surface area contributed by atoms with Gasteiger partial charge >= 0.3 is 5.97 Å². The minimum atomic E-state index is -4.04. The SMILES string of the molecule is CC[C@@H]1C[C@H](C)CC/C=C\[C@@H]2C[C@@]2(C(=O)NS(=O)(=O)C2(C)CC2)CC(=O)[C@@H]2C[C@@H](Oc3ncc(OC)c4ccc(F)cc34)CN2C(=O)[C@H]1CC(=O)OC(C)(C)C(C)(F)F. The van der Waals surface area contributed by atoms with Gasteiger partial charge in [-0.3, -0.25) is 23.9 Å². The molecule has 0 bridgehead atoms. The van der Waals surface area contributed by atoms with E-state index in [9.17, 15) is 36.0 Å². The van der Waals surface area contributed by atoms with Crippen LogP contribution in [0.1, 0.15) is 106 Å². The van der Waals surface area contributed by atoms with Gasteiger partial charge in [-0.2, -0.15) is 0 Å². The molecule has 1 N–H and O–H groups in total. The van der Waals surface area contributed by atoms with Gasteiger partial charge in [0.15, 0.2) is 11.4 Å². The molecule has 1 aromatic heterocycles. The summed E-state index contributed by atoms with van der Waals surface area (Å²) in [6.07, 6.45) is 6.67. The third-order valence-electron chi connectivity index (χ3n) is 13.2. The molecule has 6 rings (SSSR count). The molecule has 1 aromatic carbocycles. The molecule has 2 aromatic rings. The van der Waals surface area contributed by atoms with E-state index in [1.54, 1.807) is 6.92 Å². The maximum atomic E-state index is 15.0. The number of sulfonamides is 1. The number of carbonyl (C=O) groups excluding carboxylic acids is 4. The highest BCUT2D eigenvalue weighted by atomic mass is 32.2. The minimum absolute atomic E-state index is 0.0260. The topological polar surface area (TPSA) is 158 Å². The van der Waals surface area contributed by atoms with Crippen molar-refractivity contribution in [2.75, 3.05) is 13.7 Å². The molecule has 4 aliphatic rings. The molecule has 59 heavy (non-hydrogen) atoms. The summed E-state index contributed by atoms with van der Waals surface area (Å²) in [7, 11) is -2.59. The summed E-state index contributed by atoms with van der Waals surface area (Å²) in [5.74, 6) is -8.26. The quantitative estimate of drug-likeness (QED) is 0.183. The Morgan fingerprint density at radius 2 is 1.81 bits per heavy atom. The van der Waals surface area contributed by atoms with Crippen LogP contribution >= 0.6 is 0 Å². The molecule has 324 valence electrons. The number of aromatic nitrogens is 1. The number of ether oxygens (including phenoxy) is 3. The molecule has 3 fully saturated rings. The fourth-order valence-corrected chi connectivity index (χ4v) is 9.85. The normalized spacial score (nSPS) is 29.4. The summed E-state index contributed by atoms with van der Waals surface area (Å²) in [5.41, 5.74) is -3.56. The Labute approximate surface area is 344 Å². The van der Waals surface area contributed by atoms with E-state index in [-0.39, 0.29) is 43.0 Å². The summed E-state index contributed by atoms with van der Waals surface area (Å²) < 4.78 is 88.4. The molecule has 0 unspecified atom stereocenters. The molecule has 0 radical (unpaired) electrons. The lowest BCUT2D eigenvalue weighted by Gasteiger charge is -2.35. The number of esters is 1. The van der Waals surface area contributed by atoms with Crippen molar-refractivity contribution in [2.24, 2.45) is 29.1 Å². The Hall–Kier alpha value is -4.21. The lowest BCUT2D eigenvalue weighted by molar-refractivity contribution is -0.197. The lowest BCUT2D eigenvalue weighted by atomic mass is 9.79. The Morgan fingerprint density at radius 1 is 1.10 bits per heavy atom. The van der Waals surface area contributed by atoms with Crippen LogP contribution in [-0.4, -0.2) is 83.9 Å². The largest absolute Gasteiger partial charge is 0.494 e. The number of carbonyl (C=O) groups is 4. The molecule has 12 nitrogen and oxygen atoms in total. The number of ketones is 1. The van der Waals surface area contributed by atoms with Gasteiger partial charge in [0.05, 0.1) is 53.8 Å². The van der Waals surface area contributed by atoms with Crippen LogP contribution in [0.25, 0.3) is 10.8 Å². The number of hydrogen-bond donors (Lipinski definition) is 1. The number of amides is 2. The number of hydrogen-bond acceptors (Lipinski definition) is 10. The van der Waals surface area contributed by atoms with E-state index >= 15 is 4.79 Å². The zero-order chi connectivity index (χ0) is 43.3. The molecule has 0 spiro atoms. The predicted octanol–water partition coefficient (Wildman–Crippen LogP) is 7.08. The van der Waals surface area contributed by atoms with Crippen LogP contribution in [0.15, 0.2) is 36.5 Å². The monoisotopic (exact) mass is 847 g/mol. The summed E-state index contributed by atoms with van der Waals surface area (Å²) in [6.45, 7) is 8.16. The van der Waals surface area contributed by atoms with Crippen molar-refractivity contribution in [1.82, 2.24) is 14.6 Å². The number of nitrogens with one attached hydrogen (secondary N) is 1. The van der Waals surface area contributed by atoms with Crippen molar-refractivity contribution in [2.45, 2.75) is 134 Å². The van der Waals surface area contributed by atoms with E-state index in [0.717, 1.165) is 13.8 Å². The molecule has 2 saturated carbocycles. The Morgan fingerprint density at radius 3 is 2.46 bits per heavy atom. The van der Waals surface area contributed by atoms with Gasteiger partial charge in [0, 0.05) is 25.2 Å². The van der Waals surface area contributed by atoms with Gasteiger partial charge in [-0.25, -0.2) is 26.6 Å². The van der Waals surface area contributed by atoms with E-state index in [2.05, 4.69) is 9.71 Å². The zero-order valence-electron chi connectivity index (χ0n) is 34.8. The standard InChI is InChI=1S/C43H56F3N3O9S/c1-8-26-17-25(2)11-9-10-12-27-21-43(27,39(53)48-59(54,55)41(5)15-16-41)22-34(50)33-19-29(57-37-32-18-28(44)13-14-30(32)35(56-7)23-47-37)24-49(33)38(52)31(26)20-36(51)58-40(3,4)42(6,45)46/h10,12-14,18,23,25-27,29,31,33H,8-9,11,15-17,19-22,24H2,1-7H3,(H,48,53)/b12-10-/t25-,26-,27-,29-,31+,33+,43-/m1/s1. The first kappa shape index (κ1) is 44.3. The molecular weight excluding hydrogens is 792 g/mol. The third kappa shape index (κ3) is 9.12. The smallest absolute Gasteiger partial charge is 0.307 e. The van der Waals surface area contributed by atoms with Gasteiger partial charge in [0.1, 0.15) is 17.7 Å². The van der Waals surface area contributed by atoms with Crippen molar-refractivity contribution < 1.29 is 55.0 Å². The number of Topliss-reactive ketones (excluding diaryl/α,β-unsaturated/α-hetero) is 1. The van der Waals surface area contributed by atoms with Crippen LogP contribution in [0, 0.1) is 34.9 Å². The Kier molecular flexibility index (Phi) is 12.3. The number of fused-ring (bicyclic) bond motifs is 3. The fourth-order valence-electron chi connectivity index (χ4n) is 8.52. The van der Waals surface area contributed by atoms with Gasteiger partial charge in [0.2, 0.25) is 27.7 Å². The summed E-state index contributed by atoms with van der Waals surface area (Å²) >= 11 is 0. The second kappa shape index (κ2) is 16.3. The average molecular weight is 848 g/mol. The highest BCUT2D eigenvalue weighted by Crippen LogP contribution is 2.58. The van der Waals surface area contributed by atoms with E-state index in [0.29, 0.717) is 56.6 Å². The molecule has 16 heteroatoms. The molecule has 3 heterocycles. The second-order valence-electron chi connectivity index (χ2n) is 18.0. The van der Waals surface area contributed by atoms with Gasteiger partial charge in [-0.15, -0.1) is 0 Å². The van der Waals surface area contributed by atoms with E-state index < -0.39 is 97.4 Å². The van der Waals surface area contributed by atoms with Crippen LogP contribution in [0.3, 0.4) is 0 Å². The Bertz CT molecular complexity index is 2120. The van der Waals surface area contributed by atoms with Gasteiger partial charge < -0.3 is 19.1 Å². The first-order valence-electron chi connectivity index (χ1n) is 20.5. The number of allylic oxidation sites excluding steroid dienone is 2. The Balaban J connectivity index is 1.38. The third-order valence-corrected chi connectivity index (χ3v) is 15.4. The molecule has 2 aliphatic carbocycles. The van der Waals surface area contributed by atoms with Crippen LogP contribution in [0.4, 0.5) is 13.2 Å². The van der Waals surface area contributed by atoms with Crippen LogP contribution < -0.4 is 14.2 Å². The molecular formula is C43H56F3N3O9S. The predicted molar refractivity (Wildman–Crippen MR) is 212 cm³/mol. The number of halogens is 3.